The molecule has 0 radical (unpaired) electrons. The Labute approximate surface area is 277 Å². The molecule has 0 aliphatic carbocycles. The van der Waals surface area contributed by atoms with E-state index in [0.717, 1.165) is 44.8 Å². The molecular weight excluding hydrogens is 585 g/mol. The van der Waals surface area contributed by atoms with Crippen molar-refractivity contribution in [3.63, 3.8) is 0 Å². The van der Waals surface area contributed by atoms with Crippen LogP contribution in [0.15, 0.2) is 158 Å². The lowest BCUT2D eigenvalue weighted by atomic mass is 9.89. The predicted octanol–water partition coefficient (Wildman–Crippen LogP) is 11.0. The van der Waals surface area contributed by atoms with Gasteiger partial charge in [0.15, 0.2) is 5.82 Å². The molecule has 0 aliphatic rings. The summed E-state index contributed by atoms with van der Waals surface area (Å²) in [7, 11) is 0. The molecule has 0 bridgehead atoms. The highest BCUT2D eigenvalue weighted by atomic mass is 14.9. The van der Waals surface area contributed by atoms with Crippen LogP contribution in [0.4, 0.5) is 0 Å². The molecular formula is C44H26N4. The molecule has 4 nitrogen and oxygen atoms in total. The third-order valence-corrected chi connectivity index (χ3v) is 9.21. The van der Waals surface area contributed by atoms with Gasteiger partial charge < -0.3 is 0 Å². The van der Waals surface area contributed by atoms with Crippen molar-refractivity contribution in [3.8, 4) is 62.2 Å². The molecule has 2 heterocycles. The van der Waals surface area contributed by atoms with E-state index in [9.17, 15) is 5.26 Å². The van der Waals surface area contributed by atoms with Crippen molar-refractivity contribution in [2.24, 2.45) is 0 Å². The first-order valence-corrected chi connectivity index (χ1v) is 15.9. The van der Waals surface area contributed by atoms with Crippen LogP contribution >= 0.6 is 0 Å². The Kier molecular flexibility index (Phi) is 6.48. The summed E-state index contributed by atoms with van der Waals surface area (Å²) in [5, 5.41) is 17.0. The number of rotatable bonds is 5. The van der Waals surface area contributed by atoms with Gasteiger partial charge in [-0.05, 0) is 97.0 Å². The zero-order chi connectivity index (χ0) is 32.0. The SMILES string of the molecule is N#Cc1ccc(-c2nc(-c3ccc(-c4ccncc4)cc3)cc(-c3ccc(-c4ccc5ccc6cccc7ccc4c5c67)cc3)n2)cc1. The molecule has 222 valence electrons. The van der Waals surface area contributed by atoms with E-state index in [0.29, 0.717) is 11.4 Å². The van der Waals surface area contributed by atoms with Gasteiger partial charge >= 0.3 is 0 Å². The summed E-state index contributed by atoms with van der Waals surface area (Å²) in [5.74, 6) is 0.612. The van der Waals surface area contributed by atoms with Crippen LogP contribution in [0.1, 0.15) is 5.56 Å². The van der Waals surface area contributed by atoms with Gasteiger partial charge in [-0.3, -0.25) is 4.98 Å². The van der Waals surface area contributed by atoms with E-state index in [2.05, 4.69) is 120 Å². The van der Waals surface area contributed by atoms with Gasteiger partial charge in [-0.2, -0.15) is 5.26 Å². The minimum atomic E-state index is 0.601. The topological polar surface area (TPSA) is 62.5 Å². The highest BCUT2D eigenvalue weighted by Gasteiger charge is 2.14. The zero-order valence-electron chi connectivity index (χ0n) is 25.8. The van der Waals surface area contributed by atoms with Gasteiger partial charge in [0, 0.05) is 29.1 Å². The van der Waals surface area contributed by atoms with E-state index in [1.165, 1.54) is 37.9 Å². The molecule has 0 aliphatic heterocycles. The lowest BCUT2D eigenvalue weighted by Gasteiger charge is -2.14. The first-order valence-electron chi connectivity index (χ1n) is 15.9. The Morgan fingerprint density at radius 2 is 0.958 bits per heavy atom. The van der Waals surface area contributed by atoms with Gasteiger partial charge in [0.25, 0.3) is 0 Å². The van der Waals surface area contributed by atoms with Gasteiger partial charge in [-0.1, -0.05) is 103 Å². The monoisotopic (exact) mass is 610 g/mol. The summed E-state index contributed by atoms with van der Waals surface area (Å²) in [4.78, 5) is 14.2. The van der Waals surface area contributed by atoms with Crippen molar-refractivity contribution in [3.05, 3.63) is 164 Å². The summed E-state index contributed by atoms with van der Waals surface area (Å²) >= 11 is 0. The molecule has 0 amide bonds. The average molecular weight is 611 g/mol. The van der Waals surface area contributed by atoms with Gasteiger partial charge in [0.2, 0.25) is 0 Å². The van der Waals surface area contributed by atoms with Gasteiger partial charge in [-0.25, -0.2) is 9.97 Å². The van der Waals surface area contributed by atoms with Gasteiger partial charge in [0.1, 0.15) is 0 Å². The summed E-state index contributed by atoms with van der Waals surface area (Å²) in [6.45, 7) is 0. The quantitative estimate of drug-likeness (QED) is 0.182. The Morgan fingerprint density at radius 1 is 0.438 bits per heavy atom. The van der Waals surface area contributed by atoms with E-state index in [4.69, 9.17) is 9.97 Å². The molecule has 9 rings (SSSR count). The predicted molar refractivity (Wildman–Crippen MR) is 195 cm³/mol. The fourth-order valence-electron chi connectivity index (χ4n) is 6.75. The van der Waals surface area contributed by atoms with Gasteiger partial charge in [0.05, 0.1) is 23.0 Å². The molecule has 7 aromatic carbocycles. The Morgan fingerprint density at radius 3 is 1.60 bits per heavy atom. The Hall–Kier alpha value is -6.70. The van der Waals surface area contributed by atoms with Crippen molar-refractivity contribution >= 4 is 32.3 Å². The maximum atomic E-state index is 9.34. The lowest BCUT2D eigenvalue weighted by Crippen LogP contribution is -1.96. The van der Waals surface area contributed by atoms with Crippen LogP contribution in [0.3, 0.4) is 0 Å². The molecule has 0 saturated carbocycles. The summed E-state index contributed by atoms with van der Waals surface area (Å²) in [6.07, 6.45) is 3.61. The summed E-state index contributed by atoms with van der Waals surface area (Å²) in [6, 6.07) is 52.7. The van der Waals surface area contributed by atoms with E-state index in [-0.39, 0.29) is 0 Å². The molecule has 2 aromatic heterocycles. The molecule has 0 fully saturated rings. The highest BCUT2D eigenvalue weighted by molar-refractivity contribution is 6.25. The van der Waals surface area contributed by atoms with Crippen molar-refractivity contribution in [1.82, 2.24) is 15.0 Å². The molecule has 9 aromatic rings. The normalized spacial score (nSPS) is 11.3. The molecule has 0 saturated heterocycles. The van der Waals surface area contributed by atoms with E-state index in [1.54, 1.807) is 24.5 Å². The molecule has 48 heavy (non-hydrogen) atoms. The summed E-state index contributed by atoms with van der Waals surface area (Å²) in [5.41, 5.74) is 9.72. The van der Waals surface area contributed by atoms with Crippen molar-refractivity contribution in [2.45, 2.75) is 0 Å². The van der Waals surface area contributed by atoms with Crippen molar-refractivity contribution < 1.29 is 0 Å². The highest BCUT2D eigenvalue weighted by Crippen LogP contribution is 2.40. The molecule has 0 spiro atoms. The second-order valence-electron chi connectivity index (χ2n) is 12.0. The van der Waals surface area contributed by atoms with Crippen LogP contribution in [0.5, 0.6) is 0 Å². The van der Waals surface area contributed by atoms with E-state index >= 15 is 0 Å². The lowest BCUT2D eigenvalue weighted by molar-refractivity contribution is 1.18. The molecule has 0 N–H and O–H groups in total. The third kappa shape index (κ3) is 4.74. The van der Waals surface area contributed by atoms with E-state index in [1.807, 2.05) is 24.3 Å². The zero-order valence-corrected chi connectivity index (χ0v) is 25.8. The number of hydrogen-bond acceptors (Lipinski definition) is 4. The maximum Gasteiger partial charge on any atom is 0.160 e. The second kappa shape index (κ2) is 11.3. The Bertz CT molecular complexity index is 2620. The standard InChI is InChI=1S/C44H26N4/c45-27-28-4-6-37(7-5-28)44-47-40(32-12-8-29(9-13-32)30-22-24-46-25-23-30)26-41(48-44)33-14-10-31(11-15-33)38-20-18-36-17-16-34-2-1-3-35-19-21-39(38)43(36)42(34)35/h1-26H. The number of benzene rings is 7. The average Bonchev–Trinajstić information content (AvgIpc) is 3.17. The third-order valence-electron chi connectivity index (χ3n) is 9.21. The van der Waals surface area contributed by atoms with Crippen LogP contribution in [0.2, 0.25) is 0 Å². The first kappa shape index (κ1) is 27.6. The molecule has 0 atom stereocenters. The second-order valence-corrected chi connectivity index (χ2v) is 12.0. The molecule has 4 heteroatoms. The van der Waals surface area contributed by atoms with Crippen LogP contribution < -0.4 is 0 Å². The number of nitriles is 1. The van der Waals surface area contributed by atoms with Crippen molar-refractivity contribution in [1.29, 1.82) is 5.26 Å². The minimum absolute atomic E-state index is 0.601. The van der Waals surface area contributed by atoms with Crippen molar-refractivity contribution in [2.75, 3.05) is 0 Å². The van der Waals surface area contributed by atoms with Crippen LogP contribution in [0.25, 0.3) is 88.5 Å². The first-order chi connectivity index (χ1) is 23.7. The van der Waals surface area contributed by atoms with E-state index < -0.39 is 0 Å². The largest absolute Gasteiger partial charge is 0.265 e. The van der Waals surface area contributed by atoms with Gasteiger partial charge in [-0.15, -0.1) is 0 Å². The maximum absolute atomic E-state index is 9.34. The number of pyridine rings is 1. The minimum Gasteiger partial charge on any atom is -0.265 e. The summed E-state index contributed by atoms with van der Waals surface area (Å²) < 4.78 is 0. The Balaban J connectivity index is 1.13. The number of hydrogen-bond donors (Lipinski definition) is 0. The van der Waals surface area contributed by atoms with Crippen LogP contribution in [0, 0.1) is 11.3 Å². The van der Waals surface area contributed by atoms with Crippen LogP contribution in [-0.4, -0.2) is 15.0 Å². The van der Waals surface area contributed by atoms with Crippen LogP contribution in [-0.2, 0) is 0 Å². The fraction of sp³-hybridized carbons (Fsp3) is 0. The smallest absolute Gasteiger partial charge is 0.160 e. The number of aromatic nitrogens is 3. The fourth-order valence-corrected chi connectivity index (χ4v) is 6.75. The molecule has 0 unspecified atom stereocenters. The number of nitrogens with zero attached hydrogens (tertiary/aromatic N) is 4.